The Morgan fingerprint density at radius 3 is 2.67 bits per heavy atom. The number of nitrogens with one attached hydrogen (secondary N) is 1. The monoisotopic (exact) mass is 391 g/mol. The Kier molecular flexibility index (Phi) is 5.38. The largest absolute Gasteiger partial charge is 0.311 e. The molecule has 0 spiro atoms. The first kappa shape index (κ1) is 19.6. The molecule has 3 heterocycles. The average molecular weight is 391 g/mol. The third kappa shape index (κ3) is 4.22. The highest BCUT2D eigenvalue weighted by atomic mass is 32.3. The van der Waals surface area contributed by atoms with E-state index >= 15 is 0 Å². The number of anilines is 2. The lowest BCUT2D eigenvalue weighted by molar-refractivity contribution is -0.114. The highest BCUT2D eigenvalue weighted by Gasteiger charge is 2.38. The van der Waals surface area contributed by atoms with Crippen molar-refractivity contribution >= 4 is 28.2 Å². The van der Waals surface area contributed by atoms with Gasteiger partial charge in [-0.2, -0.15) is 0 Å². The number of likely N-dealkylation sites (N-methyl/N-ethyl adjacent to an activating group) is 1. The van der Waals surface area contributed by atoms with Crippen molar-refractivity contribution in [2.24, 2.45) is 0 Å². The minimum Gasteiger partial charge on any atom is -0.311 e. The number of carbonyl (C=O) groups is 1. The molecule has 1 aliphatic rings. The molecule has 146 valence electrons. The van der Waals surface area contributed by atoms with E-state index < -0.39 is 10.8 Å². The number of hydrogen-bond donors (Lipinski definition) is 3. The van der Waals surface area contributed by atoms with Crippen molar-refractivity contribution in [2.45, 2.75) is 19.9 Å². The number of nitrogens with zero attached hydrogens (tertiary/aromatic N) is 4. The zero-order valence-corrected chi connectivity index (χ0v) is 16.7. The van der Waals surface area contributed by atoms with Crippen LogP contribution in [-0.2, 0) is 4.79 Å². The standard InChI is InChI=1S/C18H25N5O3S/c1-12-17(23-10-16(22(3)4)11-27(23,25)26)7-15(9-20-12)14-5-6-19-18(8-14)21-13(2)24/h5-9,16,25-26H,10-11H2,1-4H3,(H,19,21,24). The van der Waals surface area contributed by atoms with Gasteiger partial charge in [0.25, 0.3) is 0 Å². The van der Waals surface area contributed by atoms with Crippen LogP contribution in [0.5, 0.6) is 0 Å². The molecule has 0 aromatic carbocycles. The Morgan fingerprint density at radius 1 is 1.30 bits per heavy atom. The maximum Gasteiger partial charge on any atom is 0.222 e. The molecule has 3 rings (SSSR count). The third-order valence-corrected chi connectivity index (χ3v) is 6.49. The first-order chi connectivity index (χ1) is 12.7. The van der Waals surface area contributed by atoms with E-state index in [4.69, 9.17) is 0 Å². The molecule has 1 unspecified atom stereocenters. The number of aromatic nitrogens is 2. The van der Waals surface area contributed by atoms with Gasteiger partial charge in [0.15, 0.2) is 0 Å². The fourth-order valence-electron chi connectivity index (χ4n) is 3.07. The quantitative estimate of drug-likeness (QED) is 0.736. The third-order valence-electron chi connectivity index (χ3n) is 4.60. The normalized spacial score (nSPS) is 20.0. The molecule has 1 atom stereocenters. The molecule has 0 saturated carbocycles. The van der Waals surface area contributed by atoms with Gasteiger partial charge in [-0.05, 0) is 44.8 Å². The maximum absolute atomic E-state index is 11.3. The molecular formula is C18H25N5O3S. The van der Waals surface area contributed by atoms with Gasteiger partial charge in [0, 0.05) is 30.9 Å². The van der Waals surface area contributed by atoms with Gasteiger partial charge in [-0.3, -0.25) is 23.2 Å². The molecule has 1 amide bonds. The second kappa shape index (κ2) is 7.43. The van der Waals surface area contributed by atoms with Gasteiger partial charge in [-0.25, -0.2) is 4.98 Å². The van der Waals surface area contributed by atoms with Crippen molar-refractivity contribution in [3.05, 3.63) is 36.3 Å². The summed E-state index contributed by atoms with van der Waals surface area (Å²) in [6, 6.07) is 5.56. The van der Waals surface area contributed by atoms with Crippen LogP contribution in [0, 0.1) is 6.92 Å². The summed E-state index contributed by atoms with van der Waals surface area (Å²) in [4.78, 5) is 21.9. The number of hydrogen-bond acceptors (Lipinski definition) is 7. The zero-order chi connectivity index (χ0) is 19.8. The Morgan fingerprint density at radius 2 is 2.04 bits per heavy atom. The van der Waals surface area contributed by atoms with E-state index in [-0.39, 0.29) is 11.9 Å². The summed E-state index contributed by atoms with van der Waals surface area (Å²) in [5.74, 6) is 0.578. The molecule has 8 nitrogen and oxygen atoms in total. The highest BCUT2D eigenvalue weighted by molar-refractivity contribution is 8.25. The van der Waals surface area contributed by atoms with Crippen LogP contribution >= 0.6 is 10.8 Å². The van der Waals surface area contributed by atoms with E-state index in [0.29, 0.717) is 23.8 Å². The van der Waals surface area contributed by atoms with Gasteiger partial charge in [0.05, 0.1) is 23.7 Å². The molecule has 1 aliphatic heterocycles. The molecule has 1 fully saturated rings. The van der Waals surface area contributed by atoms with Crippen LogP contribution in [0.25, 0.3) is 11.1 Å². The van der Waals surface area contributed by atoms with Crippen LogP contribution in [-0.4, -0.2) is 62.3 Å². The van der Waals surface area contributed by atoms with E-state index in [1.165, 1.54) is 6.92 Å². The van der Waals surface area contributed by atoms with E-state index in [2.05, 4.69) is 15.3 Å². The lowest BCUT2D eigenvalue weighted by atomic mass is 10.1. The molecule has 2 aromatic heterocycles. The minimum atomic E-state index is -2.90. The van der Waals surface area contributed by atoms with Crippen molar-refractivity contribution in [3.63, 3.8) is 0 Å². The van der Waals surface area contributed by atoms with Gasteiger partial charge in [0.2, 0.25) is 5.91 Å². The lowest BCUT2D eigenvalue weighted by Crippen LogP contribution is -2.33. The van der Waals surface area contributed by atoms with Gasteiger partial charge in [-0.15, -0.1) is 10.8 Å². The number of rotatable bonds is 4. The predicted molar refractivity (Wildman–Crippen MR) is 109 cm³/mol. The van der Waals surface area contributed by atoms with Crippen LogP contribution in [0.3, 0.4) is 0 Å². The van der Waals surface area contributed by atoms with Crippen LogP contribution in [0.2, 0.25) is 0 Å². The molecule has 1 saturated heterocycles. The van der Waals surface area contributed by atoms with Crippen LogP contribution in [0.15, 0.2) is 30.6 Å². The van der Waals surface area contributed by atoms with E-state index in [0.717, 1.165) is 16.8 Å². The molecule has 0 radical (unpaired) electrons. The highest BCUT2D eigenvalue weighted by Crippen LogP contribution is 2.52. The minimum absolute atomic E-state index is 0.0605. The molecule has 3 N–H and O–H groups in total. The van der Waals surface area contributed by atoms with Crippen LogP contribution < -0.4 is 9.62 Å². The number of pyridine rings is 2. The Bertz CT molecular complexity index is 859. The Labute approximate surface area is 160 Å². The second-order valence-electron chi connectivity index (χ2n) is 6.92. The van der Waals surface area contributed by atoms with Crippen molar-refractivity contribution in [1.82, 2.24) is 14.9 Å². The average Bonchev–Trinajstić information content (AvgIpc) is 2.90. The van der Waals surface area contributed by atoms with Gasteiger partial charge < -0.3 is 10.2 Å². The summed E-state index contributed by atoms with van der Waals surface area (Å²) in [6.45, 7) is 3.81. The lowest BCUT2D eigenvalue weighted by Gasteiger charge is -2.38. The zero-order valence-electron chi connectivity index (χ0n) is 15.9. The van der Waals surface area contributed by atoms with Crippen molar-refractivity contribution < 1.29 is 13.9 Å². The van der Waals surface area contributed by atoms with Crippen molar-refractivity contribution in [3.8, 4) is 11.1 Å². The fourth-order valence-corrected chi connectivity index (χ4v) is 5.08. The van der Waals surface area contributed by atoms with Gasteiger partial charge in [0.1, 0.15) is 5.82 Å². The fraction of sp³-hybridized carbons (Fsp3) is 0.389. The molecule has 0 aliphatic carbocycles. The molecular weight excluding hydrogens is 366 g/mol. The summed E-state index contributed by atoms with van der Waals surface area (Å²) < 4.78 is 22.9. The molecule has 0 bridgehead atoms. The number of aryl methyl sites for hydroxylation is 1. The predicted octanol–water partition coefficient (Wildman–Crippen LogP) is 2.83. The number of amides is 1. The first-order valence-electron chi connectivity index (χ1n) is 8.58. The van der Waals surface area contributed by atoms with E-state index in [9.17, 15) is 13.9 Å². The molecule has 9 heteroatoms. The van der Waals surface area contributed by atoms with Crippen LogP contribution in [0.4, 0.5) is 11.5 Å². The van der Waals surface area contributed by atoms with Crippen molar-refractivity contribution in [2.75, 3.05) is 36.0 Å². The van der Waals surface area contributed by atoms with Crippen molar-refractivity contribution in [1.29, 1.82) is 0 Å². The maximum atomic E-state index is 11.3. The van der Waals surface area contributed by atoms with Gasteiger partial charge >= 0.3 is 0 Å². The summed E-state index contributed by atoms with van der Waals surface area (Å²) in [5.41, 5.74) is 3.08. The Hall–Kier alpha value is -2.20. The SMILES string of the molecule is CC(=O)Nc1cc(-c2cnc(C)c(N3CC(N(C)C)CS3(O)O)c2)ccn1. The van der Waals surface area contributed by atoms with Gasteiger partial charge in [-0.1, -0.05) is 0 Å². The van der Waals surface area contributed by atoms with Crippen LogP contribution in [0.1, 0.15) is 12.6 Å². The topological polar surface area (TPSA) is 102 Å². The van der Waals surface area contributed by atoms with E-state index in [1.807, 2.05) is 38.1 Å². The first-order valence-corrected chi connectivity index (χ1v) is 10.3. The number of carbonyl (C=O) groups excluding carboxylic acids is 1. The second-order valence-corrected chi connectivity index (χ2v) is 8.96. The van der Waals surface area contributed by atoms with E-state index in [1.54, 1.807) is 22.8 Å². The molecule has 2 aromatic rings. The summed E-state index contributed by atoms with van der Waals surface area (Å²) >= 11 is 0. The summed E-state index contributed by atoms with van der Waals surface area (Å²) in [6.07, 6.45) is 3.35. The smallest absolute Gasteiger partial charge is 0.222 e. The molecule has 27 heavy (non-hydrogen) atoms. The summed E-state index contributed by atoms with van der Waals surface area (Å²) in [7, 11) is 0.975. The Balaban J connectivity index is 1.97. The summed E-state index contributed by atoms with van der Waals surface area (Å²) in [5, 5.41) is 2.67.